The van der Waals surface area contributed by atoms with Crippen LogP contribution in [-0.2, 0) is 0 Å². The molecule has 0 spiro atoms. The van der Waals surface area contributed by atoms with E-state index in [0.717, 1.165) is 36.1 Å². The van der Waals surface area contributed by atoms with Crippen molar-refractivity contribution in [3.8, 4) is 0 Å². The molecule has 0 aliphatic rings. The quantitative estimate of drug-likeness (QED) is 0.414. The molecule has 0 aliphatic heterocycles. The second-order valence-electron chi connectivity index (χ2n) is 8.27. The molecule has 0 bridgehead atoms. The fourth-order valence-electron chi connectivity index (χ4n) is 4.05. The Hall–Kier alpha value is -1.42. The number of aliphatic hydroxyl groups is 1. The van der Waals surface area contributed by atoms with Crippen LogP contribution in [0.1, 0.15) is 65.2 Å². The van der Waals surface area contributed by atoms with E-state index in [1.165, 1.54) is 25.7 Å². The fraction of sp³-hybridized carbons (Fsp3) is 0.500. The number of benzene rings is 2. The smallest absolute Gasteiger partial charge is 0.258 e. The molecule has 0 unspecified atom stereocenters. The van der Waals surface area contributed by atoms with Crippen molar-refractivity contribution in [3.63, 3.8) is 0 Å². The van der Waals surface area contributed by atoms with Crippen LogP contribution < -0.4 is 10.4 Å². The van der Waals surface area contributed by atoms with Crippen LogP contribution in [0.25, 0.3) is 0 Å². The van der Waals surface area contributed by atoms with E-state index < -0.39 is 8.32 Å². The lowest BCUT2D eigenvalue weighted by Crippen LogP contribution is -2.65. The summed E-state index contributed by atoms with van der Waals surface area (Å²) in [5.41, 5.74) is 0. The van der Waals surface area contributed by atoms with Crippen LogP contribution in [0.4, 0.5) is 0 Å². The summed E-state index contributed by atoms with van der Waals surface area (Å²) >= 11 is 0. The van der Waals surface area contributed by atoms with Crippen molar-refractivity contribution in [2.45, 2.75) is 70.3 Å². The number of unbranched alkanes of at least 4 members (excludes halogenated alkanes) is 6. The SMILES string of the molecule is CC(C)(CCCCCCCCCO)[Si](O)(c1ccccc1)c1ccccc1. The van der Waals surface area contributed by atoms with Gasteiger partial charge < -0.3 is 9.90 Å². The Labute approximate surface area is 166 Å². The molecular formula is C24H36O2Si. The van der Waals surface area contributed by atoms with Crippen LogP contribution in [0.2, 0.25) is 5.04 Å². The van der Waals surface area contributed by atoms with Gasteiger partial charge in [0.2, 0.25) is 0 Å². The third kappa shape index (κ3) is 5.77. The minimum Gasteiger partial charge on any atom is -0.424 e. The Morgan fingerprint density at radius 1 is 0.667 bits per heavy atom. The average Bonchev–Trinajstić information content (AvgIpc) is 2.70. The number of hydrogen-bond acceptors (Lipinski definition) is 2. The lowest BCUT2D eigenvalue weighted by molar-refractivity contribution is 0.282. The molecule has 2 rings (SSSR count). The van der Waals surface area contributed by atoms with Crippen molar-refractivity contribution in [1.29, 1.82) is 0 Å². The molecule has 0 saturated heterocycles. The molecule has 0 heterocycles. The molecular weight excluding hydrogens is 348 g/mol. The molecule has 2 N–H and O–H groups in total. The fourth-order valence-corrected chi connectivity index (χ4v) is 7.83. The largest absolute Gasteiger partial charge is 0.424 e. The Morgan fingerprint density at radius 2 is 1.07 bits per heavy atom. The molecule has 2 aromatic carbocycles. The van der Waals surface area contributed by atoms with Gasteiger partial charge in [0.1, 0.15) is 0 Å². The van der Waals surface area contributed by atoms with E-state index in [0.29, 0.717) is 6.61 Å². The van der Waals surface area contributed by atoms with Gasteiger partial charge in [0.25, 0.3) is 8.32 Å². The number of rotatable bonds is 12. The predicted octanol–water partition coefficient (Wildman–Crippen LogP) is 4.63. The van der Waals surface area contributed by atoms with Crippen molar-refractivity contribution >= 4 is 18.7 Å². The lowest BCUT2D eigenvalue weighted by Gasteiger charge is -2.41. The third-order valence-electron chi connectivity index (χ3n) is 5.82. The summed E-state index contributed by atoms with van der Waals surface area (Å²) < 4.78 is 0. The van der Waals surface area contributed by atoms with Gasteiger partial charge in [-0.15, -0.1) is 0 Å². The molecule has 0 radical (unpaired) electrons. The summed E-state index contributed by atoms with van der Waals surface area (Å²) in [6.45, 7) is 4.82. The highest BCUT2D eigenvalue weighted by Gasteiger charge is 2.49. The molecule has 0 fully saturated rings. The van der Waals surface area contributed by atoms with Crippen molar-refractivity contribution in [1.82, 2.24) is 0 Å². The summed E-state index contributed by atoms with van der Waals surface area (Å²) in [6, 6.07) is 20.6. The van der Waals surface area contributed by atoms with E-state index in [1.54, 1.807) is 0 Å². The number of hydrogen-bond donors (Lipinski definition) is 2. The molecule has 3 heteroatoms. The molecule has 0 saturated carbocycles. The maximum Gasteiger partial charge on any atom is 0.258 e. The van der Waals surface area contributed by atoms with Gasteiger partial charge in [0.15, 0.2) is 0 Å². The standard InChI is InChI=1S/C24H36O2Si/c1-24(2,20-14-6-4-3-5-7-15-21-25)27(26,22-16-10-8-11-17-22)23-18-12-9-13-19-23/h8-13,16-19,25-26H,3-7,14-15,20-21H2,1-2H3. The van der Waals surface area contributed by atoms with E-state index in [2.05, 4.69) is 38.1 Å². The van der Waals surface area contributed by atoms with Crippen LogP contribution in [0.15, 0.2) is 60.7 Å². The van der Waals surface area contributed by atoms with Gasteiger partial charge in [-0.2, -0.15) is 0 Å². The van der Waals surface area contributed by atoms with Gasteiger partial charge in [-0.05, 0) is 28.3 Å². The number of aliphatic hydroxyl groups excluding tert-OH is 1. The normalized spacial score (nSPS) is 12.3. The summed E-state index contributed by atoms with van der Waals surface area (Å²) in [4.78, 5) is 12.1. The highest BCUT2D eigenvalue weighted by atomic mass is 28.4. The second-order valence-corrected chi connectivity index (χ2v) is 12.2. The van der Waals surface area contributed by atoms with Crippen LogP contribution in [0.3, 0.4) is 0 Å². The lowest BCUT2D eigenvalue weighted by atomic mass is 10.0. The van der Waals surface area contributed by atoms with Crippen LogP contribution >= 0.6 is 0 Å². The zero-order valence-corrected chi connectivity index (χ0v) is 18.0. The molecule has 27 heavy (non-hydrogen) atoms. The molecule has 0 aliphatic carbocycles. The van der Waals surface area contributed by atoms with Crippen molar-refractivity contribution in [2.24, 2.45) is 0 Å². The van der Waals surface area contributed by atoms with E-state index in [9.17, 15) is 4.80 Å². The Morgan fingerprint density at radius 3 is 1.52 bits per heavy atom. The maximum atomic E-state index is 12.1. The first-order valence-electron chi connectivity index (χ1n) is 10.5. The van der Waals surface area contributed by atoms with E-state index in [4.69, 9.17) is 5.11 Å². The van der Waals surface area contributed by atoms with Crippen LogP contribution in [0, 0.1) is 0 Å². The third-order valence-corrected chi connectivity index (χ3v) is 10.4. The van der Waals surface area contributed by atoms with E-state index >= 15 is 0 Å². The van der Waals surface area contributed by atoms with Crippen molar-refractivity contribution in [3.05, 3.63) is 60.7 Å². The predicted molar refractivity (Wildman–Crippen MR) is 118 cm³/mol. The summed E-state index contributed by atoms with van der Waals surface area (Å²) in [5, 5.41) is 10.9. The Kier molecular flexibility index (Phi) is 8.74. The highest BCUT2D eigenvalue weighted by molar-refractivity contribution is 6.98. The highest BCUT2D eigenvalue weighted by Crippen LogP contribution is 2.40. The zero-order valence-electron chi connectivity index (χ0n) is 17.0. The van der Waals surface area contributed by atoms with Gasteiger partial charge in [-0.25, -0.2) is 0 Å². The first kappa shape index (κ1) is 21.9. The molecule has 0 atom stereocenters. The van der Waals surface area contributed by atoms with E-state index in [-0.39, 0.29) is 5.04 Å². The molecule has 0 aromatic heterocycles. The summed E-state index contributed by atoms with van der Waals surface area (Å²) in [6.07, 6.45) is 9.19. The molecule has 2 aromatic rings. The molecule has 0 amide bonds. The second kappa shape index (κ2) is 10.8. The average molecular weight is 385 g/mol. The monoisotopic (exact) mass is 384 g/mol. The van der Waals surface area contributed by atoms with Crippen LogP contribution in [0.5, 0.6) is 0 Å². The molecule has 2 nitrogen and oxygen atoms in total. The topological polar surface area (TPSA) is 40.5 Å². The minimum absolute atomic E-state index is 0.132. The van der Waals surface area contributed by atoms with Gasteiger partial charge in [0.05, 0.1) is 0 Å². The van der Waals surface area contributed by atoms with Gasteiger partial charge >= 0.3 is 0 Å². The first-order valence-corrected chi connectivity index (χ1v) is 12.4. The minimum atomic E-state index is -2.84. The van der Waals surface area contributed by atoms with Gasteiger partial charge in [-0.1, -0.05) is 113 Å². The summed E-state index contributed by atoms with van der Waals surface area (Å²) in [5.74, 6) is 0. The maximum absolute atomic E-state index is 12.1. The van der Waals surface area contributed by atoms with Crippen molar-refractivity contribution < 1.29 is 9.90 Å². The van der Waals surface area contributed by atoms with Crippen molar-refractivity contribution in [2.75, 3.05) is 6.61 Å². The summed E-state index contributed by atoms with van der Waals surface area (Å²) in [7, 11) is -2.84. The van der Waals surface area contributed by atoms with E-state index in [1.807, 2.05) is 36.4 Å². The Bertz CT molecular complexity index is 600. The van der Waals surface area contributed by atoms with Crippen LogP contribution in [-0.4, -0.2) is 24.8 Å². The van der Waals surface area contributed by atoms with Gasteiger partial charge in [-0.3, -0.25) is 0 Å². The zero-order chi connectivity index (χ0) is 19.6. The van der Waals surface area contributed by atoms with Gasteiger partial charge in [0, 0.05) is 6.61 Å². The first-order chi connectivity index (χ1) is 13.0. The Balaban J connectivity index is 2.04. The molecule has 148 valence electrons.